The van der Waals surface area contributed by atoms with Crippen molar-refractivity contribution in [2.45, 2.75) is 19.9 Å². The molecular formula is C20H20BrNO5. The lowest BCUT2D eigenvalue weighted by Crippen LogP contribution is -2.31. The highest BCUT2D eigenvalue weighted by atomic mass is 79.9. The lowest BCUT2D eigenvalue weighted by molar-refractivity contribution is -0.123. The second kappa shape index (κ2) is 8.43. The summed E-state index contributed by atoms with van der Waals surface area (Å²) in [6.45, 7) is 4.24. The van der Waals surface area contributed by atoms with Crippen LogP contribution in [0.15, 0.2) is 40.9 Å². The van der Waals surface area contributed by atoms with Crippen molar-refractivity contribution in [2.75, 3.05) is 19.8 Å². The third kappa shape index (κ3) is 4.80. The first-order chi connectivity index (χ1) is 12.9. The van der Waals surface area contributed by atoms with Gasteiger partial charge in [-0.1, -0.05) is 28.1 Å². The Kier molecular flexibility index (Phi) is 6.01. The highest BCUT2D eigenvalue weighted by Crippen LogP contribution is 2.37. The van der Waals surface area contributed by atoms with Crippen molar-refractivity contribution < 1.29 is 23.8 Å². The molecule has 0 aliphatic carbocycles. The summed E-state index contributed by atoms with van der Waals surface area (Å²) in [5.74, 6) is 1.51. The summed E-state index contributed by atoms with van der Waals surface area (Å²) >= 11 is 3.51. The van der Waals surface area contributed by atoms with Crippen LogP contribution in [0.25, 0.3) is 0 Å². The zero-order valence-corrected chi connectivity index (χ0v) is 16.7. The smallest absolute Gasteiger partial charge is 0.258 e. The predicted octanol–water partition coefficient (Wildman–Crippen LogP) is 3.68. The van der Waals surface area contributed by atoms with Crippen LogP contribution in [0, 0.1) is 0 Å². The maximum atomic E-state index is 12.2. The molecule has 1 aliphatic heterocycles. The summed E-state index contributed by atoms with van der Waals surface area (Å²) in [7, 11) is 0. The Hall–Kier alpha value is -2.54. The van der Waals surface area contributed by atoms with Gasteiger partial charge in [-0.05, 0) is 43.7 Å². The number of amides is 1. The Bertz CT molecular complexity index is 867. The molecule has 2 aromatic rings. The van der Waals surface area contributed by atoms with E-state index < -0.39 is 0 Å². The minimum absolute atomic E-state index is 0.0537. The van der Waals surface area contributed by atoms with Crippen molar-refractivity contribution in [3.8, 4) is 17.2 Å². The molecular weight excluding hydrogens is 414 g/mol. The van der Waals surface area contributed by atoms with Crippen molar-refractivity contribution in [3.63, 3.8) is 0 Å². The molecule has 27 heavy (non-hydrogen) atoms. The van der Waals surface area contributed by atoms with E-state index in [2.05, 4.69) is 21.2 Å². The van der Waals surface area contributed by atoms with Crippen LogP contribution < -0.4 is 19.5 Å². The van der Waals surface area contributed by atoms with Crippen LogP contribution in [0.5, 0.6) is 17.2 Å². The van der Waals surface area contributed by atoms with Gasteiger partial charge in [-0.3, -0.25) is 9.59 Å². The minimum Gasteiger partial charge on any atom is -0.486 e. The monoisotopic (exact) mass is 433 g/mol. The first kappa shape index (κ1) is 19.2. The van der Waals surface area contributed by atoms with Gasteiger partial charge in [0.15, 0.2) is 23.9 Å². The fraction of sp³-hybridized carbons (Fsp3) is 0.300. The zero-order chi connectivity index (χ0) is 19.4. The standard InChI is InChI=1S/C20H20BrNO5/c1-12(16-9-18-19(10-17(16)21)26-7-6-25-18)22-20(24)11-27-15-5-3-4-14(8-15)13(2)23/h3-5,8-10,12H,6-7,11H2,1-2H3,(H,22,24). The number of nitrogens with one attached hydrogen (secondary N) is 1. The van der Waals surface area contributed by atoms with Gasteiger partial charge in [-0.25, -0.2) is 0 Å². The van der Waals surface area contributed by atoms with Crippen LogP contribution in [-0.4, -0.2) is 31.5 Å². The average Bonchev–Trinajstić information content (AvgIpc) is 2.66. The largest absolute Gasteiger partial charge is 0.486 e. The van der Waals surface area contributed by atoms with Crippen molar-refractivity contribution in [1.29, 1.82) is 0 Å². The lowest BCUT2D eigenvalue weighted by Gasteiger charge is -2.22. The normalized spacial score (nSPS) is 13.6. The molecule has 1 N–H and O–H groups in total. The van der Waals surface area contributed by atoms with Gasteiger partial charge in [0.1, 0.15) is 19.0 Å². The average molecular weight is 434 g/mol. The van der Waals surface area contributed by atoms with E-state index in [1.54, 1.807) is 24.3 Å². The number of carbonyl (C=O) groups is 2. The fourth-order valence-electron chi connectivity index (χ4n) is 2.73. The van der Waals surface area contributed by atoms with Gasteiger partial charge in [0.2, 0.25) is 0 Å². The van der Waals surface area contributed by atoms with E-state index in [1.165, 1.54) is 6.92 Å². The Morgan fingerprint density at radius 2 is 1.89 bits per heavy atom. The van der Waals surface area contributed by atoms with E-state index in [9.17, 15) is 9.59 Å². The summed E-state index contributed by atoms with van der Waals surface area (Å²) in [6, 6.07) is 10.2. The highest BCUT2D eigenvalue weighted by Gasteiger charge is 2.19. The molecule has 7 heteroatoms. The molecule has 3 rings (SSSR count). The molecule has 6 nitrogen and oxygen atoms in total. The van der Waals surface area contributed by atoms with E-state index in [0.29, 0.717) is 36.0 Å². The number of carbonyl (C=O) groups excluding carboxylic acids is 2. The van der Waals surface area contributed by atoms with E-state index >= 15 is 0 Å². The van der Waals surface area contributed by atoms with Gasteiger partial charge in [-0.15, -0.1) is 0 Å². The maximum absolute atomic E-state index is 12.2. The highest BCUT2D eigenvalue weighted by molar-refractivity contribution is 9.10. The quantitative estimate of drug-likeness (QED) is 0.703. The van der Waals surface area contributed by atoms with Crippen LogP contribution >= 0.6 is 15.9 Å². The molecule has 1 amide bonds. The molecule has 1 unspecified atom stereocenters. The van der Waals surface area contributed by atoms with Crippen LogP contribution in [0.3, 0.4) is 0 Å². The number of rotatable bonds is 6. The number of hydrogen-bond acceptors (Lipinski definition) is 5. The van der Waals surface area contributed by atoms with Crippen molar-refractivity contribution in [1.82, 2.24) is 5.32 Å². The van der Waals surface area contributed by atoms with Gasteiger partial charge in [0.05, 0.1) is 6.04 Å². The Morgan fingerprint density at radius 3 is 2.59 bits per heavy atom. The van der Waals surface area contributed by atoms with E-state index in [1.807, 2.05) is 19.1 Å². The molecule has 0 radical (unpaired) electrons. The summed E-state index contributed by atoms with van der Waals surface area (Å²) in [5.41, 5.74) is 1.42. The van der Waals surface area contributed by atoms with E-state index in [4.69, 9.17) is 14.2 Å². The minimum atomic E-state index is -0.266. The number of ketones is 1. The SMILES string of the molecule is CC(=O)c1cccc(OCC(=O)NC(C)c2cc3c(cc2Br)OCCO3)c1. The number of benzene rings is 2. The third-order valence-electron chi connectivity index (χ3n) is 4.12. The number of Topliss-reactive ketones (excluding diaryl/α,β-unsaturated/α-hetero) is 1. The Balaban J connectivity index is 1.61. The molecule has 0 aromatic heterocycles. The van der Waals surface area contributed by atoms with Gasteiger partial charge in [-0.2, -0.15) is 0 Å². The first-order valence-electron chi connectivity index (χ1n) is 8.56. The summed E-state index contributed by atoms with van der Waals surface area (Å²) < 4.78 is 17.5. The van der Waals surface area contributed by atoms with Gasteiger partial charge in [0, 0.05) is 10.0 Å². The molecule has 142 valence electrons. The van der Waals surface area contributed by atoms with Crippen molar-refractivity contribution in [3.05, 3.63) is 52.0 Å². The summed E-state index contributed by atoms with van der Waals surface area (Å²) in [5, 5.41) is 2.89. The van der Waals surface area contributed by atoms with Crippen LogP contribution in [0.2, 0.25) is 0 Å². The number of fused-ring (bicyclic) bond motifs is 1. The second-order valence-corrected chi connectivity index (χ2v) is 7.03. The second-order valence-electron chi connectivity index (χ2n) is 6.18. The Morgan fingerprint density at radius 1 is 1.19 bits per heavy atom. The van der Waals surface area contributed by atoms with Crippen molar-refractivity contribution >= 4 is 27.6 Å². The fourth-order valence-corrected chi connectivity index (χ4v) is 3.39. The summed E-state index contributed by atoms with van der Waals surface area (Å²) in [4.78, 5) is 23.7. The lowest BCUT2D eigenvalue weighted by atomic mass is 10.1. The van der Waals surface area contributed by atoms with Gasteiger partial charge < -0.3 is 19.5 Å². The number of hydrogen-bond donors (Lipinski definition) is 1. The first-order valence-corrected chi connectivity index (χ1v) is 9.35. The molecule has 2 aromatic carbocycles. The van der Waals surface area contributed by atoms with Crippen LogP contribution in [0.1, 0.15) is 35.8 Å². The number of ether oxygens (including phenoxy) is 3. The molecule has 0 fully saturated rings. The van der Waals surface area contributed by atoms with E-state index in [0.717, 1.165) is 10.0 Å². The molecule has 1 heterocycles. The summed E-state index contributed by atoms with van der Waals surface area (Å²) in [6.07, 6.45) is 0. The Labute approximate surface area is 165 Å². The molecule has 0 saturated carbocycles. The van der Waals surface area contributed by atoms with Crippen LogP contribution in [-0.2, 0) is 4.79 Å². The van der Waals surface area contributed by atoms with Crippen LogP contribution in [0.4, 0.5) is 0 Å². The maximum Gasteiger partial charge on any atom is 0.258 e. The zero-order valence-electron chi connectivity index (χ0n) is 15.1. The number of halogens is 1. The van der Waals surface area contributed by atoms with Gasteiger partial charge in [0.25, 0.3) is 5.91 Å². The third-order valence-corrected chi connectivity index (χ3v) is 4.80. The van der Waals surface area contributed by atoms with Gasteiger partial charge >= 0.3 is 0 Å². The molecule has 1 aliphatic rings. The molecule has 0 bridgehead atoms. The van der Waals surface area contributed by atoms with Crippen molar-refractivity contribution in [2.24, 2.45) is 0 Å². The van der Waals surface area contributed by atoms with E-state index in [-0.39, 0.29) is 24.3 Å². The topological polar surface area (TPSA) is 73.9 Å². The molecule has 0 saturated heterocycles. The molecule has 0 spiro atoms. The molecule has 1 atom stereocenters. The predicted molar refractivity (Wildman–Crippen MR) is 104 cm³/mol.